The Bertz CT molecular complexity index is 1480. The Morgan fingerprint density at radius 2 is 1.81 bits per heavy atom. The molecular weight excluding hydrogens is 470 g/mol. The third kappa shape index (κ3) is 4.75. The molecule has 6 nitrogen and oxygen atoms in total. The molecule has 1 aliphatic rings. The number of rotatable bonds is 6. The van der Waals surface area contributed by atoms with Crippen molar-refractivity contribution < 1.29 is 14.6 Å². The normalized spacial score (nSPS) is 16.0. The van der Waals surface area contributed by atoms with E-state index in [-0.39, 0.29) is 11.7 Å². The van der Waals surface area contributed by atoms with E-state index in [1.54, 1.807) is 12.0 Å². The number of H-pyrrole nitrogens is 1. The lowest BCUT2D eigenvalue weighted by Gasteiger charge is -2.15. The Kier molecular flexibility index (Phi) is 6.57. The van der Waals surface area contributed by atoms with Crippen molar-refractivity contribution in [3.05, 3.63) is 94.0 Å². The second-order valence-electron chi connectivity index (χ2n) is 8.77. The predicted molar refractivity (Wildman–Crippen MR) is 147 cm³/mol. The number of ether oxygens (including phenoxy) is 1. The molecule has 36 heavy (non-hydrogen) atoms. The maximum absolute atomic E-state index is 13.5. The number of benzene rings is 3. The zero-order valence-corrected chi connectivity index (χ0v) is 21.2. The van der Waals surface area contributed by atoms with Crippen molar-refractivity contribution in [2.45, 2.75) is 20.3 Å². The third-order valence-electron chi connectivity index (χ3n) is 6.28. The molecule has 3 aromatic carbocycles. The van der Waals surface area contributed by atoms with Crippen LogP contribution < -0.4 is 4.74 Å². The Balaban J connectivity index is 1.47. The molecule has 0 spiro atoms. The highest BCUT2D eigenvalue weighted by molar-refractivity contribution is 8.18. The summed E-state index contributed by atoms with van der Waals surface area (Å²) in [7, 11) is 1.63. The van der Waals surface area contributed by atoms with Gasteiger partial charge in [0.15, 0.2) is 5.17 Å². The topological polar surface area (TPSA) is 77.9 Å². The summed E-state index contributed by atoms with van der Waals surface area (Å²) in [5.41, 5.74) is 5.43. The van der Waals surface area contributed by atoms with Gasteiger partial charge in [0.1, 0.15) is 11.5 Å². The predicted octanol–water partition coefficient (Wildman–Crippen LogP) is 6.35. The number of carbonyl (C=O) groups excluding carboxylic acids is 1. The molecule has 0 radical (unpaired) electrons. The number of aromatic amines is 1. The largest absolute Gasteiger partial charge is 0.507 e. The number of hydrogen-bond acceptors (Lipinski definition) is 5. The first-order valence-corrected chi connectivity index (χ1v) is 12.5. The molecule has 0 atom stereocenters. The first kappa shape index (κ1) is 23.8. The summed E-state index contributed by atoms with van der Waals surface area (Å²) in [5, 5.41) is 11.9. The lowest BCUT2D eigenvalue weighted by Crippen LogP contribution is -2.31. The third-order valence-corrected chi connectivity index (χ3v) is 7.28. The number of amides is 1. The fourth-order valence-corrected chi connectivity index (χ4v) is 5.38. The van der Waals surface area contributed by atoms with E-state index in [1.807, 2.05) is 74.7 Å². The van der Waals surface area contributed by atoms with Gasteiger partial charge in [-0.2, -0.15) is 0 Å². The molecule has 1 amide bonds. The number of aromatic hydroxyl groups is 1. The minimum atomic E-state index is -0.0736. The van der Waals surface area contributed by atoms with Gasteiger partial charge in [-0.3, -0.25) is 9.69 Å². The summed E-state index contributed by atoms with van der Waals surface area (Å²) in [6.45, 7) is 4.23. The summed E-state index contributed by atoms with van der Waals surface area (Å²) in [6.07, 6.45) is 4.59. The molecule has 5 rings (SSSR count). The molecule has 4 aromatic rings. The van der Waals surface area contributed by atoms with E-state index in [1.165, 1.54) is 11.8 Å². The van der Waals surface area contributed by atoms with E-state index in [9.17, 15) is 9.90 Å². The number of thioether (sulfide) groups is 1. The second kappa shape index (κ2) is 9.95. The quantitative estimate of drug-likeness (QED) is 0.305. The van der Waals surface area contributed by atoms with E-state index < -0.39 is 0 Å². The number of nitrogens with one attached hydrogen (secondary N) is 1. The van der Waals surface area contributed by atoms with Crippen LogP contribution in [0.25, 0.3) is 17.0 Å². The number of fused-ring (bicyclic) bond motifs is 1. The monoisotopic (exact) mass is 497 g/mol. The van der Waals surface area contributed by atoms with Crippen molar-refractivity contribution >= 4 is 45.5 Å². The summed E-state index contributed by atoms with van der Waals surface area (Å²) in [4.78, 5) is 24.0. The van der Waals surface area contributed by atoms with Crippen molar-refractivity contribution in [3.8, 4) is 11.5 Å². The minimum absolute atomic E-state index is 0.0736. The van der Waals surface area contributed by atoms with E-state index in [4.69, 9.17) is 9.73 Å². The number of aliphatic imine (C=N–C) groups is 1. The lowest BCUT2D eigenvalue weighted by molar-refractivity contribution is -0.122. The van der Waals surface area contributed by atoms with Gasteiger partial charge in [-0.15, -0.1) is 0 Å². The number of para-hydroxylation sites is 1. The van der Waals surface area contributed by atoms with Crippen LogP contribution in [0.3, 0.4) is 0 Å². The highest BCUT2D eigenvalue weighted by Gasteiger charge is 2.33. The van der Waals surface area contributed by atoms with Gasteiger partial charge < -0.3 is 14.8 Å². The van der Waals surface area contributed by atoms with Crippen molar-refractivity contribution in [2.75, 3.05) is 13.7 Å². The molecule has 0 aliphatic carbocycles. The van der Waals surface area contributed by atoms with Crippen LogP contribution in [0, 0.1) is 13.8 Å². The van der Waals surface area contributed by atoms with Gasteiger partial charge in [0.2, 0.25) is 0 Å². The molecule has 1 aliphatic heterocycles. The summed E-state index contributed by atoms with van der Waals surface area (Å²) < 4.78 is 5.26. The van der Waals surface area contributed by atoms with Crippen LogP contribution in [0.5, 0.6) is 11.5 Å². The van der Waals surface area contributed by atoms with Crippen LogP contribution >= 0.6 is 11.8 Å². The summed E-state index contributed by atoms with van der Waals surface area (Å²) >= 11 is 1.37. The summed E-state index contributed by atoms with van der Waals surface area (Å²) in [6, 6.07) is 19.4. The van der Waals surface area contributed by atoms with Crippen LogP contribution in [-0.2, 0) is 11.2 Å². The fourth-order valence-electron chi connectivity index (χ4n) is 4.35. The second-order valence-corrected chi connectivity index (χ2v) is 9.78. The van der Waals surface area contributed by atoms with Crippen molar-refractivity contribution in [2.24, 2.45) is 4.99 Å². The summed E-state index contributed by atoms with van der Waals surface area (Å²) in [5.74, 6) is 0.962. The van der Waals surface area contributed by atoms with E-state index in [2.05, 4.69) is 17.1 Å². The number of methoxy groups -OCH3 is 1. The Morgan fingerprint density at radius 1 is 1.08 bits per heavy atom. The van der Waals surface area contributed by atoms with E-state index in [0.717, 1.165) is 44.6 Å². The molecule has 2 N–H and O–H groups in total. The number of phenols is 1. The Morgan fingerprint density at radius 3 is 2.53 bits per heavy atom. The lowest BCUT2D eigenvalue weighted by atomic mass is 10.1. The molecule has 1 fully saturated rings. The zero-order valence-electron chi connectivity index (χ0n) is 20.4. The number of amidine groups is 1. The van der Waals surface area contributed by atoms with Gasteiger partial charge in [-0.25, -0.2) is 4.99 Å². The van der Waals surface area contributed by atoms with E-state index >= 15 is 0 Å². The Hall–Kier alpha value is -3.97. The highest BCUT2D eigenvalue weighted by atomic mass is 32.2. The number of carbonyl (C=O) groups is 1. The van der Waals surface area contributed by atoms with Crippen LogP contribution in [0.1, 0.15) is 22.3 Å². The van der Waals surface area contributed by atoms with Gasteiger partial charge in [0.05, 0.1) is 17.7 Å². The van der Waals surface area contributed by atoms with Crippen LogP contribution in [-0.4, -0.2) is 39.7 Å². The average Bonchev–Trinajstić information content (AvgIpc) is 3.42. The number of aromatic nitrogens is 1. The molecule has 1 aromatic heterocycles. The van der Waals surface area contributed by atoms with Crippen molar-refractivity contribution in [1.29, 1.82) is 0 Å². The molecule has 1 saturated heterocycles. The molecule has 7 heteroatoms. The number of nitrogens with zero attached hydrogens (tertiary/aromatic N) is 2. The standard InChI is InChI=1S/C29H27N3O3S/c1-18-14-20(15-19(2)27(18)33)16-26-28(34)32(13-12-21-17-30-25-7-5-4-6-24(21)25)29(36-26)31-22-8-10-23(35-3)11-9-22/h4-11,14-17,30,33H,12-13H2,1-3H3/b26-16-,31-29?. The first-order valence-electron chi connectivity index (χ1n) is 11.7. The molecule has 0 bridgehead atoms. The van der Waals surface area contributed by atoms with Crippen molar-refractivity contribution in [3.63, 3.8) is 0 Å². The smallest absolute Gasteiger partial charge is 0.266 e. The molecule has 2 heterocycles. The van der Waals surface area contributed by atoms with Gasteiger partial charge in [-0.05, 0) is 103 Å². The SMILES string of the molecule is COc1ccc(N=C2S/C(=C\c3cc(C)c(O)c(C)c3)C(=O)N2CCc2c[nH]c3ccccc23)cc1. The Labute approximate surface area is 214 Å². The van der Waals surface area contributed by atoms with Crippen LogP contribution in [0.4, 0.5) is 5.69 Å². The highest BCUT2D eigenvalue weighted by Crippen LogP contribution is 2.36. The molecular formula is C29H27N3O3S. The average molecular weight is 498 g/mol. The van der Waals surface area contributed by atoms with E-state index in [0.29, 0.717) is 23.0 Å². The number of hydrogen-bond donors (Lipinski definition) is 2. The van der Waals surface area contributed by atoms with Crippen molar-refractivity contribution in [1.82, 2.24) is 9.88 Å². The number of aryl methyl sites for hydroxylation is 2. The first-order chi connectivity index (χ1) is 17.4. The maximum Gasteiger partial charge on any atom is 0.266 e. The minimum Gasteiger partial charge on any atom is -0.507 e. The fraction of sp³-hybridized carbons (Fsp3) is 0.172. The van der Waals surface area contributed by atoms with Gasteiger partial charge in [-0.1, -0.05) is 18.2 Å². The van der Waals surface area contributed by atoms with Gasteiger partial charge >= 0.3 is 0 Å². The van der Waals surface area contributed by atoms with Crippen LogP contribution in [0.2, 0.25) is 0 Å². The van der Waals surface area contributed by atoms with Crippen LogP contribution in [0.15, 0.2) is 76.8 Å². The molecule has 0 saturated carbocycles. The zero-order chi connectivity index (χ0) is 25.2. The molecule has 0 unspecified atom stereocenters. The molecule has 182 valence electrons. The van der Waals surface area contributed by atoms with Gasteiger partial charge in [0, 0.05) is 23.6 Å². The maximum atomic E-state index is 13.5. The number of phenolic OH excluding ortho intramolecular Hbond substituents is 1. The van der Waals surface area contributed by atoms with Gasteiger partial charge in [0.25, 0.3) is 5.91 Å².